The number of methoxy groups -OCH3 is 1. The van der Waals surface area contributed by atoms with E-state index in [1.807, 2.05) is 0 Å². The zero-order valence-electron chi connectivity index (χ0n) is 12.0. The summed E-state index contributed by atoms with van der Waals surface area (Å²) < 4.78 is 29.6. The Balaban J connectivity index is 2.71. The SMILES string of the molecule is COC(=O)C(C)CSc1ccc(S(=O)(=O)N(C)C)cc1. The lowest BCUT2D eigenvalue weighted by atomic mass is 10.2. The van der Waals surface area contributed by atoms with Gasteiger partial charge in [-0.05, 0) is 24.3 Å². The normalized spacial score (nSPS) is 13.2. The van der Waals surface area contributed by atoms with Crippen LogP contribution in [0.2, 0.25) is 0 Å². The highest BCUT2D eigenvalue weighted by Crippen LogP contribution is 2.23. The number of hydrogen-bond donors (Lipinski definition) is 0. The van der Waals surface area contributed by atoms with Crippen LogP contribution in [-0.4, -0.2) is 45.7 Å². The van der Waals surface area contributed by atoms with Crippen molar-refractivity contribution in [1.82, 2.24) is 4.31 Å². The van der Waals surface area contributed by atoms with Gasteiger partial charge in [-0.25, -0.2) is 12.7 Å². The average Bonchev–Trinajstić information content (AvgIpc) is 2.44. The molecule has 0 heterocycles. The van der Waals surface area contributed by atoms with Gasteiger partial charge in [0.25, 0.3) is 0 Å². The quantitative estimate of drug-likeness (QED) is 0.592. The van der Waals surface area contributed by atoms with Gasteiger partial charge in [0.05, 0.1) is 17.9 Å². The van der Waals surface area contributed by atoms with Crippen LogP contribution in [0.25, 0.3) is 0 Å². The predicted octanol–water partition coefficient (Wildman–Crippen LogP) is 1.84. The third-order valence-corrected chi connectivity index (χ3v) is 5.81. The minimum absolute atomic E-state index is 0.199. The average molecular weight is 317 g/mol. The van der Waals surface area contributed by atoms with Crippen molar-refractivity contribution in [2.75, 3.05) is 27.0 Å². The number of benzene rings is 1. The van der Waals surface area contributed by atoms with Crippen LogP contribution in [0.15, 0.2) is 34.1 Å². The third kappa shape index (κ3) is 4.22. The lowest BCUT2D eigenvalue weighted by Gasteiger charge is -2.12. The molecule has 0 radical (unpaired) electrons. The molecule has 7 heteroatoms. The Bertz CT molecular complexity index is 552. The van der Waals surface area contributed by atoms with Crippen molar-refractivity contribution in [3.8, 4) is 0 Å². The van der Waals surface area contributed by atoms with Crippen LogP contribution < -0.4 is 0 Å². The van der Waals surface area contributed by atoms with E-state index in [1.54, 1.807) is 31.2 Å². The van der Waals surface area contributed by atoms with E-state index in [2.05, 4.69) is 4.74 Å². The number of rotatable bonds is 6. The Kier molecular flexibility index (Phi) is 6.04. The van der Waals surface area contributed by atoms with Crippen LogP contribution >= 0.6 is 11.8 Å². The summed E-state index contributed by atoms with van der Waals surface area (Å²) in [5.41, 5.74) is 0. The molecule has 5 nitrogen and oxygen atoms in total. The summed E-state index contributed by atoms with van der Waals surface area (Å²) in [6.07, 6.45) is 0. The molecule has 1 aromatic rings. The first-order valence-corrected chi connectivity index (χ1v) is 8.45. The summed E-state index contributed by atoms with van der Waals surface area (Å²) in [6.45, 7) is 1.80. The minimum Gasteiger partial charge on any atom is -0.469 e. The Morgan fingerprint density at radius 1 is 1.30 bits per heavy atom. The van der Waals surface area contributed by atoms with Gasteiger partial charge in [0, 0.05) is 24.7 Å². The molecule has 20 heavy (non-hydrogen) atoms. The van der Waals surface area contributed by atoms with Crippen molar-refractivity contribution in [1.29, 1.82) is 0 Å². The molecule has 1 atom stereocenters. The number of nitrogens with zero attached hydrogens (tertiary/aromatic N) is 1. The highest BCUT2D eigenvalue weighted by Gasteiger charge is 2.17. The molecule has 1 unspecified atom stereocenters. The Morgan fingerprint density at radius 3 is 2.30 bits per heavy atom. The Labute approximate surface area is 124 Å². The fraction of sp³-hybridized carbons (Fsp3) is 0.462. The molecule has 0 aliphatic heterocycles. The molecule has 0 bridgehead atoms. The third-order valence-electron chi connectivity index (χ3n) is 2.71. The van der Waals surface area contributed by atoms with Crippen molar-refractivity contribution in [2.24, 2.45) is 5.92 Å². The minimum atomic E-state index is -3.39. The van der Waals surface area contributed by atoms with Gasteiger partial charge in [-0.2, -0.15) is 0 Å². The van der Waals surface area contributed by atoms with Gasteiger partial charge in [0.15, 0.2) is 0 Å². The van der Waals surface area contributed by atoms with Crippen molar-refractivity contribution in [3.05, 3.63) is 24.3 Å². The maximum Gasteiger partial charge on any atom is 0.309 e. The van der Waals surface area contributed by atoms with E-state index in [-0.39, 0.29) is 16.8 Å². The fourth-order valence-corrected chi connectivity index (χ4v) is 3.22. The number of sulfonamides is 1. The van der Waals surface area contributed by atoms with E-state index in [1.165, 1.54) is 37.3 Å². The van der Waals surface area contributed by atoms with Gasteiger partial charge >= 0.3 is 5.97 Å². The summed E-state index contributed by atoms with van der Waals surface area (Å²) >= 11 is 1.49. The molecule has 0 amide bonds. The van der Waals surface area contributed by atoms with Gasteiger partial charge in [0.2, 0.25) is 10.0 Å². The second-order valence-corrected chi connectivity index (χ2v) is 7.74. The lowest BCUT2D eigenvalue weighted by molar-refractivity contribution is -0.143. The molecule has 1 rings (SSSR count). The number of carbonyl (C=O) groups is 1. The predicted molar refractivity (Wildman–Crippen MR) is 79.2 cm³/mol. The van der Waals surface area contributed by atoms with Crippen LogP contribution in [0, 0.1) is 5.92 Å². The molecule has 1 aromatic carbocycles. The van der Waals surface area contributed by atoms with E-state index in [4.69, 9.17) is 0 Å². The standard InChI is InChI=1S/C13H19NO4S2/c1-10(13(15)18-4)9-19-11-5-7-12(8-6-11)20(16,17)14(2)3/h5-8,10H,9H2,1-4H3. The van der Waals surface area contributed by atoms with Crippen LogP contribution in [0.5, 0.6) is 0 Å². The summed E-state index contributed by atoms with van der Waals surface area (Å²) in [6, 6.07) is 6.62. The number of thioether (sulfide) groups is 1. The lowest BCUT2D eigenvalue weighted by Crippen LogP contribution is -2.22. The molecule has 0 saturated carbocycles. The fourth-order valence-electron chi connectivity index (χ4n) is 1.41. The maximum absolute atomic E-state index is 11.9. The zero-order valence-corrected chi connectivity index (χ0v) is 13.6. The van der Waals surface area contributed by atoms with Crippen LogP contribution in [0.1, 0.15) is 6.92 Å². The van der Waals surface area contributed by atoms with Gasteiger partial charge in [-0.3, -0.25) is 4.79 Å². The second kappa shape index (κ2) is 7.10. The number of ether oxygens (including phenoxy) is 1. The van der Waals surface area contributed by atoms with Crippen molar-refractivity contribution >= 4 is 27.8 Å². The van der Waals surface area contributed by atoms with Crippen molar-refractivity contribution in [3.63, 3.8) is 0 Å². The molecular formula is C13H19NO4S2. The first-order valence-electron chi connectivity index (χ1n) is 6.02. The number of carbonyl (C=O) groups excluding carboxylic acids is 1. The monoisotopic (exact) mass is 317 g/mol. The smallest absolute Gasteiger partial charge is 0.309 e. The Hall–Kier alpha value is -1.05. The topological polar surface area (TPSA) is 63.7 Å². The second-order valence-electron chi connectivity index (χ2n) is 4.49. The first-order chi connectivity index (χ1) is 9.28. The van der Waals surface area contributed by atoms with Crippen LogP contribution in [0.4, 0.5) is 0 Å². The summed E-state index contributed by atoms with van der Waals surface area (Å²) in [5, 5.41) is 0. The van der Waals surface area contributed by atoms with E-state index in [0.717, 1.165) is 4.90 Å². The van der Waals surface area contributed by atoms with E-state index >= 15 is 0 Å². The maximum atomic E-state index is 11.9. The van der Waals surface area contributed by atoms with Crippen molar-refractivity contribution in [2.45, 2.75) is 16.7 Å². The molecule has 0 spiro atoms. The van der Waals surface area contributed by atoms with Crippen LogP contribution in [0.3, 0.4) is 0 Å². The Morgan fingerprint density at radius 2 is 1.85 bits per heavy atom. The van der Waals surface area contributed by atoms with Gasteiger partial charge in [0.1, 0.15) is 0 Å². The highest BCUT2D eigenvalue weighted by molar-refractivity contribution is 7.99. The van der Waals surface area contributed by atoms with Crippen LogP contribution in [-0.2, 0) is 19.6 Å². The zero-order chi connectivity index (χ0) is 15.3. The molecule has 0 saturated heterocycles. The van der Waals surface area contributed by atoms with Gasteiger partial charge in [-0.15, -0.1) is 11.8 Å². The molecule has 0 aliphatic carbocycles. The van der Waals surface area contributed by atoms with E-state index in [9.17, 15) is 13.2 Å². The largest absolute Gasteiger partial charge is 0.469 e. The summed E-state index contributed by atoms with van der Waals surface area (Å²) in [5.74, 6) is 0.145. The van der Waals surface area contributed by atoms with Gasteiger partial charge in [-0.1, -0.05) is 6.92 Å². The molecule has 0 aliphatic rings. The highest BCUT2D eigenvalue weighted by atomic mass is 32.2. The van der Waals surface area contributed by atoms with Gasteiger partial charge < -0.3 is 4.74 Å². The molecular weight excluding hydrogens is 298 g/mol. The van der Waals surface area contributed by atoms with Crippen molar-refractivity contribution < 1.29 is 17.9 Å². The van der Waals surface area contributed by atoms with E-state index < -0.39 is 10.0 Å². The molecule has 0 N–H and O–H groups in total. The number of hydrogen-bond acceptors (Lipinski definition) is 5. The number of esters is 1. The first kappa shape index (κ1) is 17.0. The summed E-state index contributed by atoms with van der Waals surface area (Å²) in [4.78, 5) is 12.4. The molecule has 112 valence electrons. The molecule has 0 aromatic heterocycles. The molecule has 0 fully saturated rings. The summed E-state index contributed by atoms with van der Waals surface area (Å²) in [7, 11) is 0.965. The van der Waals surface area contributed by atoms with E-state index in [0.29, 0.717) is 5.75 Å².